The number of fused-ring (bicyclic) bond motifs is 1. The Bertz CT molecular complexity index is 729. The monoisotopic (exact) mass is 345 g/mol. The molecule has 0 aliphatic rings. The highest BCUT2D eigenvalue weighted by molar-refractivity contribution is 6.76. The molecule has 0 spiro atoms. The maximum absolute atomic E-state index is 12.1. The van der Waals surface area contributed by atoms with E-state index in [1.54, 1.807) is 17.0 Å². The normalized spacial score (nSPS) is 12.2. The number of ether oxygens (including phenoxy) is 1. The van der Waals surface area contributed by atoms with Gasteiger partial charge in [0, 0.05) is 58.2 Å². The van der Waals surface area contributed by atoms with Crippen molar-refractivity contribution in [1.82, 2.24) is 14.7 Å². The zero-order valence-electron chi connectivity index (χ0n) is 15.2. The van der Waals surface area contributed by atoms with Gasteiger partial charge in [-0.3, -0.25) is 4.79 Å². The molecule has 0 fully saturated rings. The molecule has 0 radical (unpaired) electrons. The quantitative estimate of drug-likeness (QED) is 0.317. The van der Waals surface area contributed by atoms with Gasteiger partial charge in [-0.05, 0) is 12.1 Å². The van der Waals surface area contributed by atoms with Crippen molar-refractivity contribution in [2.45, 2.75) is 32.4 Å². The second kappa shape index (κ2) is 7.77. The van der Waals surface area contributed by atoms with Crippen LogP contribution in [0.2, 0.25) is 25.7 Å². The lowest BCUT2D eigenvalue weighted by Gasteiger charge is -2.15. The van der Waals surface area contributed by atoms with E-state index in [0.717, 1.165) is 23.6 Å². The maximum Gasteiger partial charge on any atom is 0.187 e. The number of hydrogen-bond donors (Lipinski definition) is 0. The predicted molar refractivity (Wildman–Crippen MR) is 101 cm³/mol. The summed E-state index contributed by atoms with van der Waals surface area (Å²) < 4.78 is 7.51. The number of rotatable bonds is 8. The van der Waals surface area contributed by atoms with Crippen molar-refractivity contribution in [2.24, 2.45) is 0 Å². The molecule has 2 aromatic rings. The molecule has 5 nitrogen and oxygen atoms in total. The van der Waals surface area contributed by atoms with Crippen LogP contribution in [0, 0.1) is 0 Å². The van der Waals surface area contributed by atoms with Crippen LogP contribution in [-0.2, 0) is 11.5 Å². The summed E-state index contributed by atoms with van der Waals surface area (Å²) in [6.45, 7) is 8.22. The van der Waals surface area contributed by atoms with Crippen LogP contribution < -0.4 is 0 Å². The molecule has 0 N–H and O–H groups in total. The molecular formula is C18H27N3O2Si. The molecular weight excluding hydrogens is 318 g/mol. The Morgan fingerprint density at radius 2 is 2.08 bits per heavy atom. The van der Waals surface area contributed by atoms with Crippen molar-refractivity contribution in [1.29, 1.82) is 0 Å². The van der Waals surface area contributed by atoms with E-state index in [1.165, 1.54) is 0 Å². The summed E-state index contributed by atoms with van der Waals surface area (Å²) in [5.74, 6) is -0.0217. The average Bonchev–Trinajstić information content (AvgIpc) is 2.90. The number of allylic oxidation sites excluding steroid dienone is 1. The predicted octanol–water partition coefficient (Wildman–Crippen LogP) is 3.61. The van der Waals surface area contributed by atoms with Gasteiger partial charge >= 0.3 is 0 Å². The third kappa shape index (κ3) is 5.61. The Labute approximate surface area is 144 Å². The third-order valence-corrected chi connectivity index (χ3v) is 5.29. The SMILES string of the molecule is CN(C)/C=C/C(=O)c1ccc2cn(COCC[Si](C)(C)C)nc2c1. The van der Waals surface area contributed by atoms with E-state index in [9.17, 15) is 4.79 Å². The number of carbonyl (C=O) groups is 1. The van der Waals surface area contributed by atoms with Crippen LogP contribution >= 0.6 is 0 Å². The zero-order chi connectivity index (χ0) is 17.7. The highest BCUT2D eigenvalue weighted by Gasteiger charge is 2.12. The molecule has 0 bridgehead atoms. The first-order valence-electron chi connectivity index (χ1n) is 8.18. The van der Waals surface area contributed by atoms with Gasteiger partial charge in [-0.25, -0.2) is 4.68 Å². The fourth-order valence-electron chi connectivity index (χ4n) is 2.14. The molecule has 6 heteroatoms. The van der Waals surface area contributed by atoms with Gasteiger partial charge in [0.25, 0.3) is 0 Å². The first-order chi connectivity index (χ1) is 11.2. The van der Waals surface area contributed by atoms with Gasteiger partial charge in [0.1, 0.15) is 6.73 Å². The van der Waals surface area contributed by atoms with E-state index in [1.807, 2.05) is 43.4 Å². The summed E-state index contributed by atoms with van der Waals surface area (Å²) in [7, 11) is 2.71. The van der Waals surface area contributed by atoms with Gasteiger partial charge in [-0.2, -0.15) is 5.10 Å². The summed E-state index contributed by atoms with van der Waals surface area (Å²) in [5.41, 5.74) is 1.46. The summed E-state index contributed by atoms with van der Waals surface area (Å²) in [6, 6.07) is 6.74. The Morgan fingerprint density at radius 3 is 2.75 bits per heavy atom. The molecule has 2 rings (SSSR count). The minimum Gasteiger partial charge on any atom is -0.383 e. The standard InChI is InChI=1S/C18H27N3O2Si/c1-20(2)9-8-18(22)15-6-7-16-13-21(19-17(16)12-15)14-23-10-11-24(3,4)5/h6-9,12-13H,10-11,14H2,1-5H3/b9-8+. The lowest BCUT2D eigenvalue weighted by molar-refractivity contribution is 0.0791. The van der Waals surface area contributed by atoms with Crippen LogP contribution in [0.1, 0.15) is 10.4 Å². The lowest BCUT2D eigenvalue weighted by atomic mass is 10.1. The molecule has 1 aromatic carbocycles. The maximum atomic E-state index is 12.1. The van der Waals surface area contributed by atoms with Crippen molar-refractivity contribution in [3.63, 3.8) is 0 Å². The topological polar surface area (TPSA) is 47.4 Å². The number of hydrogen-bond acceptors (Lipinski definition) is 4. The third-order valence-electron chi connectivity index (χ3n) is 3.58. The van der Waals surface area contributed by atoms with Crippen molar-refractivity contribution in [3.05, 3.63) is 42.2 Å². The minimum absolute atomic E-state index is 0.0217. The van der Waals surface area contributed by atoms with Crippen molar-refractivity contribution >= 4 is 24.8 Å². The van der Waals surface area contributed by atoms with Crippen LogP contribution in [-0.4, -0.2) is 49.2 Å². The van der Waals surface area contributed by atoms with Gasteiger partial charge in [-0.1, -0.05) is 31.8 Å². The molecule has 130 valence electrons. The smallest absolute Gasteiger partial charge is 0.187 e. The van der Waals surface area contributed by atoms with Gasteiger partial charge in [0.2, 0.25) is 0 Å². The van der Waals surface area contributed by atoms with Crippen molar-refractivity contribution in [3.8, 4) is 0 Å². The number of carbonyl (C=O) groups excluding carboxylic acids is 1. The van der Waals surface area contributed by atoms with E-state index < -0.39 is 8.07 Å². The highest BCUT2D eigenvalue weighted by atomic mass is 28.3. The van der Waals surface area contributed by atoms with Gasteiger partial charge in [0.15, 0.2) is 5.78 Å². The van der Waals surface area contributed by atoms with Crippen LogP contribution in [0.25, 0.3) is 10.9 Å². The van der Waals surface area contributed by atoms with E-state index in [0.29, 0.717) is 12.3 Å². The molecule has 0 aliphatic carbocycles. The summed E-state index contributed by atoms with van der Waals surface area (Å²) >= 11 is 0. The number of benzene rings is 1. The van der Waals surface area contributed by atoms with Crippen molar-refractivity contribution < 1.29 is 9.53 Å². The van der Waals surface area contributed by atoms with Gasteiger partial charge in [0.05, 0.1) is 5.52 Å². The van der Waals surface area contributed by atoms with Crippen molar-refractivity contribution in [2.75, 3.05) is 20.7 Å². The zero-order valence-corrected chi connectivity index (χ0v) is 16.2. The Morgan fingerprint density at radius 1 is 1.33 bits per heavy atom. The molecule has 1 aromatic heterocycles. The fourth-order valence-corrected chi connectivity index (χ4v) is 2.89. The molecule has 24 heavy (non-hydrogen) atoms. The van der Waals surface area contributed by atoms with Gasteiger partial charge in [-0.15, -0.1) is 0 Å². The molecule has 0 unspecified atom stereocenters. The highest BCUT2D eigenvalue weighted by Crippen LogP contribution is 2.16. The molecule has 0 atom stereocenters. The molecule has 0 saturated heterocycles. The summed E-state index contributed by atoms with van der Waals surface area (Å²) in [4.78, 5) is 14.0. The van der Waals surface area contributed by atoms with Gasteiger partial charge < -0.3 is 9.64 Å². The second-order valence-corrected chi connectivity index (χ2v) is 13.1. The first kappa shape index (κ1) is 18.4. The summed E-state index contributed by atoms with van der Waals surface area (Å²) in [6.07, 6.45) is 5.27. The average molecular weight is 346 g/mol. The van der Waals surface area contributed by atoms with Crippen LogP contribution in [0.3, 0.4) is 0 Å². The Kier molecular flexibility index (Phi) is 5.96. The molecule has 1 heterocycles. The molecule has 0 saturated carbocycles. The largest absolute Gasteiger partial charge is 0.383 e. The number of aromatic nitrogens is 2. The molecule has 0 amide bonds. The Balaban J connectivity index is 2.02. The lowest BCUT2D eigenvalue weighted by Crippen LogP contribution is -2.22. The minimum atomic E-state index is -1.07. The van der Waals surface area contributed by atoms with Crippen LogP contribution in [0.15, 0.2) is 36.7 Å². The fraction of sp³-hybridized carbons (Fsp3) is 0.444. The van der Waals surface area contributed by atoms with Crippen LogP contribution in [0.4, 0.5) is 0 Å². The van der Waals surface area contributed by atoms with E-state index in [-0.39, 0.29) is 5.78 Å². The molecule has 0 aliphatic heterocycles. The van der Waals surface area contributed by atoms with E-state index in [2.05, 4.69) is 24.7 Å². The van der Waals surface area contributed by atoms with E-state index in [4.69, 9.17) is 4.74 Å². The number of nitrogens with zero attached hydrogens (tertiary/aromatic N) is 3. The first-order valence-corrected chi connectivity index (χ1v) is 11.9. The van der Waals surface area contributed by atoms with E-state index >= 15 is 0 Å². The van der Waals surface area contributed by atoms with Crippen LogP contribution in [0.5, 0.6) is 0 Å². The number of ketones is 1. The second-order valence-electron chi connectivity index (χ2n) is 7.43. The Hall–Kier alpha value is -1.92. The summed E-state index contributed by atoms with van der Waals surface area (Å²) in [5, 5.41) is 5.51.